The molecule has 0 radical (unpaired) electrons. The van der Waals surface area contributed by atoms with E-state index in [1.54, 1.807) is 7.11 Å². The summed E-state index contributed by atoms with van der Waals surface area (Å²) in [6.07, 6.45) is 3.92. The molecule has 1 atom stereocenters. The minimum absolute atomic E-state index is 0.592. The van der Waals surface area contributed by atoms with Gasteiger partial charge in [-0.2, -0.15) is 0 Å². The molecule has 17 heavy (non-hydrogen) atoms. The minimum atomic E-state index is 0.592. The Morgan fingerprint density at radius 3 is 2.71 bits per heavy atom. The van der Waals surface area contributed by atoms with Crippen molar-refractivity contribution in [2.75, 3.05) is 20.2 Å². The summed E-state index contributed by atoms with van der Waals surface area (Å²) in [5.41, 5.74) is 1.36. The van der Waals surface area contributed by atoms with Gasteiger partial charge in [0.05, 0.1) is 7.11 Å². The number of para-hydroxylation sites is 1. The molecule has 1 heterocycles. The predicted molar refractivity (Wildman–Crippen MR) is 71.6 cm³/mol. The zero-order valence-corrected chi connectivity index (χ0v) is 10.9. The lowest BCUT2D eigenvalue weighted by molar-refractivity contribution is 0.332. The highest BCUT2D eigenvalue weighted by atomic mass is 16.5. The maximum Gasteiger partial charge on any atom is 0.122 e. The number of ether oxygens (including phenoxy) is 1. The van der Waals surface area contributed by atoms with Crippen LogP contribution in [0.5, 0.6) is 5.75 Å². The van der Waals surface area contributed by atoms with Gasteiger partial charge in [0.25, 0.3) is 0 Å². The fourth-order valence-corrected chi connectivity index (χ4v) is 2.82. The number of rotatable bonds is 4. The lowest BCUT2D eigenvalue weighted by atomic mass is 9.85. The van der Waals surface area contributed by atoms with Crippen LogP contribution in [0.1, 0.15) is 37.7 Å². The van der Waals surface area contributed by atoms with Gasteiger partial charge < -0.3 is 10.1 Å². The van der Waals surface area contributed by atoms with Crippen molar-refractivity contribution in [3.8, 4) is 5.75 Å². The zero-order valence-electron chi connectivity index (χ0n) is 10.9. The first-order chi connectivity index (χ1) is 8.31. The normalized spacial score (nSPS) is 18.9. The molecule has 1 N–H and O–H groups in total. The van der Waals surface area contributed by atoms with Gasteiger partial charge in [0, 0.05) is 0 Å². The molecular formula is C15H23NO. The number of hydrogen-bond acceptors (Lipinski definition) is 2. The Hall–Kier alpha value is -1.02. The molecule has 0 spiro atoms. The Labute approximate surface area is 104 Å². The van der Waals surface area contributed by atoms with E-state index in [2.05, 4.69) is 30.4 Å². The van der Waals surface area contributed by atoms with Crippen molar-refractivity contribution in [3.05, 3.63) is 29.8 Å². The highest BCUT2D eigenvalue weighted by molar-refractivity contribution is 5.35. The Morgan fingerprint density at radius 2 is 2.00 bits per heavy atom. The summed E-state index contributed by atoms with van der Waals surface area (Å²) >= 11 is 0. The van der Waals surface area contributed by atoms with Crippen molar-refractivity contribution in [2.45, 2.75) is 32.1 Å². The van der Waals surface area contributed by atoms with E-state index in [4.69, 9.17) is 4.74 Å². The molecule has 1 aromatic carbocycles. The van der Waals surface area contributed by atoms with Crippen LogP contribution in [0, 0.1) is 5.92 Å². The average molecular weight is 233 g/mol. The molecule has 94 valence electrons. The number of piperidine rings is 1. The molecule has 0 saturated carbocycles. The molecule has 0 aliphatic carbocycles. The molecule has 0 amide bonds. The summed E-state index contributed by atoms with van der Waals surface area (Å²) in [7, 11) is 1.76. The zero-order chi connectivity index (χ0) is 12.1. The van der Waals surface area contributed by atoms with Gasteiger partial charge in [0.1, 0.15) is 5.75 Å². The molecule has 2 heteroatoms. The number of hydrogen-bond donors (Lipinski definition) is 1. The number of methoxy groups -OCH3 is 1. The molecule has 1 saturated heterocycles. The van der Waals surface area contributed by atoms with Crippen LogP contribution in [0.25, 0.3) is 0 Å². The second-order valence-corrected chi connectivity index (χ2v) is 5.07. The van der Waals surface area contributed by atoms with Crippen LogP contribution in [0.2, 0.25) is 0 Å². The minimum Gasteiger partial charge on any atom is -0.496 e. The lowest BCUT2D eigenvalue weighted by Crippen LogP contribution is -2.28. The van der Waals surface area contributed by atoms with Crippen molar-refractivity contribution >= 4 is 0 Å². The largest absolute Gasteiger partial charge is 0.496 e. The van der Waals surface area contributed by atoms with Crippen molar-refractivity contribution in [1.82, 2.24) is 5.32 Å². The van der Waals surface area contributed by atoms with E-state index < -0.39 is 0 Å². The summed E-state index contributed by atoms with van der Waals surface area (Å²) in [4.78, 5) is 0. The highest BCUT2D eigenvalue weighted by Gasteiger charge is 2.18. The lowest BCUT2D eigenvalue weighted by Gasteiger charge is -2.26. The third-order valence-electron chi connectivity index (χ3n) is 3.82. The van der Waals surface area contributed by atoms with Crippen LogP contribution in [-0.4, -0.2) is 20.2 Å². The van der Waals surface area contributed by atoms with Crippen molar-refractivity contribution in [1.29, 1.82) is 0 Å². The molecular weight excluding hydrogens is 210 g/mol. The molecule has 1 aliphatic rings. The van der Waals surface area contributed by atoms with Crippen molar-refractivity contribution in [3.63, 3.8) is 0 Å². The monoisotopic (exact) mass is 233 g/mol. The van der Waals surface area contributed by atoms with E-state index in [1.165, 1.54) is 37.9 Å². The average Bonchev–Trinajstić information content (AvgIpc) is 2.40. The molecule has 1 aromatic rings. The second kappa shape index (κ2) is 6.06. The van der Waals surface area contributed by atoms with Gasteiger partial charge in [-0.3, -0.25) is 0 Å². The number of nitrogens with one attached hydrogen (secondary N) is 1. The standard InChI is InChI=1S/C15H23NO/c1-12(11-13-7-9-16-10-8-13)14-5-3-4-6-15(14)17-2/h3-6,12-13,16H,7-11H2,1-2H3. The predicted octanol–water partition coefficient (Wildman–Crippen LogP) is 3.19. The first-order valence-electron chi connectivity index (χ1n) is 6.65. The quantitative estimate of drug-likeness (QED) is 0.862. The Balaban J connectivity index is 2.00. The van der Waals surface area contributed by atoms with E-state index in [1.807, 2.05) is 6.07 Å². The summed E-state index contributed by atoms with van der Waals surface area (Å²) in [6.45, 7) is 4.69. The van der Waals surface area contributed by atoms with Crippen LogP contribution in [0.4, 0.5) is 0 Å². The van der Waals surface area contributed by atoms with Crippen LogP contribution in [0.3, 0.4) is 0 Å². The molecule has 0 aromatic heterocycles. The van der Waals surface area contributed by atoms with Crippen molar-refractivity contribution < 1.29 is 4.74 Å². The molecule has 1 aliphatic heterocycles. The number of benzene rings is 1. The fourth-order valence-electron chi connectivity index (χ4n) is 2.82. The fraction of sp³-hybridized carbons (Fsp3) is 0.600. The SMILES string of the molecule is COc1ccccc1C(C)CC1CCNCC1. The highest BCUT2D eigenvalue weighted by Crippen LogP contribution is 2.32. The topological polar surface area (TPSA) is 21.3 Å². The maximum atomic E-state index is 5.44. The van der Waals surface area contributed by atoms with Crippen LogP contribution in [0.15, 0.2) is 24.3 Å². The smallest absolute Gasteiger partial charge is 0.122 e. The Kier molecular flexibility index (Phi) is 4.43. The van der Waals surface area contributed by atoms with Crippen molar-refractivity contribution in [2.24, 2.45) is 5.92 Å². The molecule has 1 unspecified atom stereocenters. The van der Waals surface area contributed by atoms with Gasteiger partial charge in [0.15, 0.2) is 0 Å². The Bertz CT molecular complexity index is 345. The molecule has 2 nitrogen and oxygen atoms in total. The van der Waals surface area contributed by atoms with E-state index in [9.17, 15) is 0 Å². The summed E-state index contributed by atoms with van der Waals surface area (Å²) < 4.78 is 5.44. The van der Waals surface area contributed by atoms with Gasteiger partial charge in [-0.05, 0) is 55.8 Å². The molecule has 2 rings (SSSR count). The van der Waals surface area contributed by atoms with Gasteiger partial charge in [0.2, 0.25) is 0 Å². The van der Waals surface area contributed by atoms with Gasteiger partial charge in [-0.15, -0.1) is 0 Å². The van der Waals surface area contributed by atoms with Gasteiger partial charge >= 0.3 is 0 Å². The van der Waals surface area contributed by atoms with E-state index in [0.717, 1.165) is 11.7 Å². The third-order valence-corrected chi connectivity index (χ3v) is 3.82. The molecule has 1 fully saturated rings. The van der Waals surface area contributed by atoms with Crippen LogP contribution >= 0.6 is 0 Å². The van der Waals surface area contributed by atoms with Crippen LogP contribution in [-0.2, 0) is 0 Å². The molecule has 0 bridgehead atoms. The first-order valence-corrected chi connectivity index (χ1v) is 6.65. The third kappa shape index (κ3) is 3.22. The second-order valence-electron chi connectivity index (χ2n) is 5.07. The van der Waals surface area contributed by atoms with E-state index >= 15 is 0 Å². The first kappa shape index (κ1) is 12.4. The van der Waals surface area contributed by atoms with Gasteiger partial charge in [-0.1, -0.05) is 25.1 Å². The summed E-state index contributed by atoms with van der Waals surface area (Å²) in [6, 6.07) is 8.41. The van der Waals surface area contributed by atoms with E-state index in [-0.39, 0.29) is 0 Å². The summed E-state index contributed by atoms with van der Waals surface area (Å²) in [5.74, 6) is 2.50. The summed E-state index contributed by atoms with van der Waals surface area (Å²) in [5, 5.41) is 3.43. The van der Waals surface area contributed by atoms with E-state index in [0.29, 0.717) is 5.92 Å². The van der Waals surface area contributed by atoms with Crippen LogP contribution < -0.4 is 10.1 Å². The maximum absolute atomic E-state index is 5.44. The Morgan fingerprint density at radius 1 is 1.29 bits per heavy atom. The van der Waals surface area contributed by atoms with Gasteiger partial charge in [-0.25, -0.2) is 0 Å².